The highest BCUT2D eigenvalue weighted by atomic mass is 35.5. The summed E-state index contributed by atoms with van der Waals surface area (Å²) in [6.45, 7) is -0.797. The predicted octanol–water partition coefficient (Wildman–Crippen LogP) is 4.45. The van der Waals surface area contributed by atoms with E-state index in [0.29, 0.717) is 10.9 Å². The summed E-state index contributed by atoms with van der Waals surface area (Å²) in [5.74, 6) is -5.86. The molecule has 0 bridgehead atoms. The van der Waals surface area contributed by atoms with Crippen molar-refractivity contribution in [3.63, 3.8) is 0 Å². The number of aromatic nitrogens is 2. The maximum Gasteiger partial charge on any atom is 0.269 e. The van der Waals surface area contributed by atoms with E-state index in [-0.39, 0.29) is 35.5 Å². The molecule has 2 heterocycles. The van der Waals surface area contributed by atoms with Crippen molar-refractivity contribution in [2.45, 2.75) is 25.2 Å². The second kappa shape index (κ2) is 10.6. The Morgan fingerprint density at radius 3 is 2.50 bits per heavy atom. The number of benzene rings is 3. The van der Waals surface area contributed by atoms with E-state index in [4.69, 9.17) is 17.3 Å². The lowest BCUT2D eigenvalue weighted by Gasteiger charge is -2.24. The first-order valence-electron chi connectivity index (χ1n) is 12.0. The number of hydrogen-bond acceptors (Lipinski definition) is 4. The highest BCUT2D eigenvalue weighted by molar-refractivity contribution is 6.33. The molecule has 1 fully saturated rings. The molecule has 4 aromatic rings. The number of anilines is 1. The molecule has 0 aliphatic carbocycles. The number of amides is 3. The maximum atomic E-state index is 15.4. The molecule has 0 radical (unpaired) electrons. The number of carbonyl (C=O) groups excluding carboxylic acids is 3. The summed E-state index contributed by atoms with van der Waals surface area (Å²) >= 11 is 5.87. The number of likely N-dealkylation sites (tertiary alicyclic amines) is 1. The van der Waals surface area contributed by atoms with Crippen LogP contribution in [0.2, 0.25) is 5.02 Å². The summed E-state index contributed by atoms with van der Waals surface area (Å²) in [6, 6.07) is 11.0. The van der Waals surface area contributed by atoms with Crippen LogP contribution in [0.3, 0.4) is 0 Å². The topological polar surface area (TPSA) is 110 Å². The van der Waals surface area contributed by atoms with Crippen LogP contribution in [0.15, 0.2) is 54.6 Å². The minimum absolute atomic E-state index is 0.0426. The van der Waals surface area contributed by atoms with Crippen LogP contribution >= 0.6 is 11.6 Å². The first kappa shape index (κ1) is 27.1. The van der Waals surface area contributed by atoms with E-state index in [1.165, 1.54) is 22.9 Å². The number of hydrogen-bond donors (Lipinski definition) is 2. The smallest absolute Gasteiger partial charge is 0.269 e. The second-order valence-electron chi connectivity index (χ2n) is 9.16. The molecule has 3 N–H and O–H groups in total. The van der Waals surface area contributed by atoms with Crippen LogP contribution in [-0.2, 0) is 16.1 Å². The van der Waals surface area contributed by atoms with Gasteiger partial charge >= 0.3 is 0 Å². The van der Waals surface area contributed by atoms with Gasteiger partial charge < -0.3 is 16.0 Å². The first-order valence-corrected chi connectivity index (χ1v) is 12.4. The Labute approximate surface area is 229 Å². The minimum Gasteiger partial charge on any atom is -0.364 e. The van der Waals surface area contributed by atoms with Crippen molar-refractivity contribution >= 4 is 45.9 Å². The third kappa shape index (κ3) is 4.86. The average molecular weight is 574 g/mol. The van der Waals surface area contributed by atoms with Gasteiger partial charge in [-0.05, 0) is 24.3 Å². The van der Waals surface area contributed by atoms with Crippen LogP contribution < -0.4 is 11.1 Å². The number of fused-ring (bicyclic) bond motifs is 1. The van der Waals surface area contributed by atoms with Gasteiger partial charge in [0.25, 0.3) is 5.91 Å². The lowest BCUT2D eigenvalue weighted by molar-refractivity contribution is -0.137. The molecule has 5 rings (SSSR count). The summed E-state index contributed by atoms with van der Waals surface area (Å²) in [4.78, 5) is 39.2. The highest BCUT2D eigenvalue weighted by Gasteiger charge is 2.40. The fraction of sp³-hybridized carbons (Fsp3) is 0.185. The Hall–Kier alpha value is -4.45. The van der Waals surface area contributed by atoms with E-state index in [1.54, 1.807) is 24.3 Å². The largest absolute Gasteiger partial charge is 0.364 e. The van der Waals surface area contributed by atoms with Crippen molar-refractivity contribution in [1.82, 2.24) is 14.7 Å². The zero-order valence-corrected chi connectivity index (χ0v) is 21.3. The van der Waals surface area contributed by atoms with Crippen molar-refractivity contribution < 1.29 is 31.9 Å². The number of primary amides is 1. The average Bonchev–Trinajstić information content (AvgIpc) is 3.50. The zero-order chi connectivity index (χ0) is 28.7. The molecule has 1 saturated heterocycles. The molecular weight excluding hydrogens is 554 g/mol. The zero-order valence-electron chi connectivity index (χ0n) is 20.5. The van der Waals surface area contributed by atoms with Gasteiger partial charge in [0.15, 0.2) is 23.1 Å². The summed E-state index contributed by atoms with van der Waals surface area (Å²) in [7, 11) is 0. The third-order valence-electron chi connectivity index (χ3n) is 6.63. The van der Waals surface area contributed by atoms with E-state index in [1.807, 2.05) is 0 Å². The fourth-order valence-corrected chi connectivity index (χ4v) is 5.00. The van der Waals surface area contributed by atoms with Gasteiger partial charge in [0.2, 0.25) is 11.8 Å². The molecule has 206 valence electrons. The molecule has 0 saturated carbocycles. The quantitative estimate of drug-likeness (QED) is 0.262. The fourth-order valence-electron chi connectivity index (χ4n) is 4.74. The summed E-state index contributed by atoms with van der Waals surface area (Å²) in [5.41, 5.74) is 5.11. The molecule has 1 aliphatic heterocycles. The Morgan fingerprint density at radius 2 is 1.75 bits per heavy atom. The van der Waals surface area contributed by atoms with Gasteiger partial charge in [-0.2, -0.15) is 5.10 Å². The van der Waals surface area contributed by atoms with E-state index in [9.17, 15) is 27.6 Å². The second-order valence-corrected chi connectivity index (χ2v) is 9.54. The van der Waals surface area contributed by atoms with Gasteiger partial charge in [0.05, 0.1) is 22.8 Å². The molecule has 8 nitrogen and oxygen atoms in total. The van der Waals surface area contributed by atoms with Gasteiger partial charge in [-0.25, -0.2) is 17.6 Å². The van der Waals surface area contributed by atoms with Crippen molar-refractivity contribution in [3.8, 4) is 11.1 Å². The number of nitrogens with two attached hydrogens (primary N) is 1. The van der Waals surface area contributed by atoms with Crippen molar-refractivity contribution in [2.75, 3.05) is 11.9 Å². The van der Waals surface area contributed by atoms with Crippen LogP contribution in [0.1, 0.15) is 16.9 Å². The molecular formula is C27H20ClF4N5O3. The number of nitrogens with zero attached hydrogens (tertiary/aromatic N) is 3. The predicted molar refractivity (Wildman–Crippen MR) is 139 cm³/mol. The van der Waals surface area contributed by atoms with E-state index in [0.717, 1.165) is 17.0 Å². The summed E-state index contributed by atoms with van der Waals surface area (Å²) < 4.78 is 58.5. The Bertz CT molecular complexity index is 1680. The Balaban J connectivity index is 1.38. The lowest BCUT2D eigenvalue weighted by Crippen LogP contribution is -2.44. The van der Waals surface area contributed by atoms with Gasteiger partial charge in [-0.15, -0.1) is 0 Å². The number of nitrogens with one attached hydrogen (secondary N) is 1. The van der Waals surface area contributed by atoms with Gasteiger partial charge in [-0.3, -0.25) is 19.1 Å². The molecule has 3 aromatic carbocycles. The maximum absolute atomic E-state index is 15.4. The molecule has 0 spiro atoms. The number of para-hydroxylation sites is 1. The number of alkyl halides is 1. The van der Waals surface area contributed by atoms with Gasteiger partial charge in [0, 0.05) is 22.9 Å². The molecule has 1 aliphatic rings. The summed E-state index contributed by atoms with van der Waals surface area (Å²) in [5, 5.41) is 6.26. The molecule has 3 amide bonds. The van der Waals surface area contributed by atoms with Crippen LogP contribution in [-0.4, -0.2) is 51.2 Å². The van der Waals surface area contributed by atoms with Crippen molar-refractivity contribution in [2.24, 2.45) is 5.73 Å². The van der Waals surface area contributed by atoms with Crippen molar-refractivity contribution in [3.05, 3.63) is 82.8 Å². The molecule has 13 heteroatoms. The van der Waals surface area contributed by atoms with E-state index >= 15 is 4.39 Å². The third-order valence-corrected chi connectivity index (χ3v) is 7.00. The van der Waals surface area contributed by atoms with E-state index in [2.05, 4.69) is 10.4 Å². The first-order chi connectivity index (χ1) is 19.1. The Morgan fingerprint density at radius 1 is 1.00 bits per heavy atom. The highest BCUT2D eigenvalue weighted by Crippen LogP contribution is 2.35. The monoisotopic (exact) mass is 573 g/mol. The molecule has 2 atom stereocenters. The SMILES string of the molecule is NC(=O)c1nn(CC(=O)N2C[C@H](F)C[C@H]2C(=O)Nc2cccc(-c3ccc(F)c(F)c3Cl)c2F)c2ccccc12. The minimum atomic E-state index is -1.52. The van der Waals surface area contributed by atoms with Crippen LogP contribution in [0.4, 0.5) is 23.2 Å². The van der Waals surface area contributed by atoms with Crippen LogP contribution in [0.5, 0.6) is 0 Å². The molecule has 0 unspecified atom stereocenters. The van der Waals surface area contributed by atoms with Crippen molar-refractivity contribution in [1.29, 1.82) is 0 Å². The molecule has 1 aromatic heterocycles. The van der Waals surface area contributed by atoms with E-state index < -0.39 is 59.0 Å². The molecule has 40 heavy (non-hydrogen) atoms. The number of halogens is 5. The normalized spacial score (nSPS) is 16.9. The van der Waals surface area contributed by atoms with Gasteiger partial charge in [-0.1, -0.05) is 41.9 Å². The van der Waals surface area contributed by atoms with Crippen LogP contribution in [0.25, 0.3) is 22.0 Å². The van der Waals surface area contributed by atoms with Crippen LogP contribution in [0, 0.1) is 17.5 Å². The standard InChI is InChI=1S/C27H20ClF4N5O3/c28-22-14(8-9-17(30)24(22)32)15-5-3-6-18(23(15)31)34-27(40)20-10-13(29)11-36(20)21(38)12-37-19-7-2-1-4-16(19)25(35-37)26(33)39/h1-9,13,20H,10-12H2,(H2,33,39)(H,34,40)/t13-,20+/m1/s1. The Kier molecular flexibility index (Phi) is 7.19. The summed E-state index contributed by atoms with van der Waals surface area (Å²) in [6.07, 6.45) is -1.85. The number of rotatable bonds is 6. The number of carbonyl (C=O) groups is 3. The lowest BCUT2D eigenvalue weighted by atomic mass is 10.0. The van der Waals surface area contributed by atoms with Gasteiger partial charge in [0.1, 0.15) is 18.8 Å².